The summed E-state index contributed by atoms with van der Waals surface area (Å²) in [5.74, 6) is -0.767. The Morgan fingerprint density at radius 3 is 2.88 bits per heavy atom. The van der Waals surface area contributed by atoms with Gasteiger partial charge in [0.1, 0.15) is 5.75 Å². The van der Waals surface area contributed by atoms with Crippen molar-refractivity contribution in [2.75, 3.05) is 6.61 Å². The molecular weight excluding hydrogens is 326 g/mol. The Kier molecular flexibility index (Phi) is 3.27. The molecule has 1 aromatic carbocycles. The summed E-state index contributed by atoms with van der Waals surface area (Å²) >= 11 is 0. The van der Waals surface area contributed by atoms with Gasteiger partial charge in [-0.25, -0.2) is 9.78 Å². The van der Waals surface area contributed by atoms with E-state index in [1.54, 1.807) is 6.92 Å². The summed E-state index contributed by atoms with van der Waals surface area (Å²) in [5.41, 5.74) is 0.971. The third-order valence-corrected chi connectivity index (χ3v) is 3.70. The first-order valence-electron chi connectivity index (χ1n) is 7.55. The molecule has 0 spiro atoms. The van der Waals surface area contributed by atoms with E-state index in [-0.39, 0.29) is 29.1 Å². The fourth-order valence-corrected chi connectivity index (χ4v) is 2.66. The molecule has 4 rings (SSSR count). The maximum absolute atomic E-state index is 12.2. The second-order valence-corrected chi connectivity index (χ2v) is 5.30. The lowest BCUT2D eigenvalue weighted by atomic mass is 10.2. The normalized spacial score (nSPS) is 11.2. The van der Waals surface area contributed by atoms with Crippen LogP contribution in [0, 0.1) is 0 Å². The number of aromatic hydroxyl groups is 1. The molecule has 0 aliphatic carbocycles. The van der Waals surface area contributed by atoms with Gasteiger partial charge in [-0.1, -0.05) is 12.1 Å². The number of H-pyrrole nitrogens is 2. The third kappa shape index (κ3) is 2.33. The van der Waals surface area contributed by atoms with Gasteiger partial charge < -0.3 is 19.8 Å². The highest BCUT2D eigenvalue weighted by atomic mass is 16.5. The Hall–Kier alpha value is -3.62. The van der Waals surface area contributed by atoms with Gasteiger partial charge in [-0.2, -0.15) is 9.78 Å². The first-order valence-corrected chi connectivity index (χ1v) is 7.55. The van der Waals surface area contributed by atoms with Crippen LogP contribution in [0.4, 0.5) is 0 Å². The lowest BCUT2D eigenvalue weighted by Crippen LogP contribution is -2.07. The van der Waals surface area contributed by atoms with Crippen molar-refractivity contribution in [3.63, 3.8) is 0 Å². The molecule has 0 amide bonds. The van der Waals surface area contributed by atoms with Gasteiger partial charge in [0.05, 0.1) is 23.0 Å². The van der Waals surface area contributed by atoms with Crippen LogP contribution >= 0.6 is 0 Å². The van der Waals surface area contributed by atoms with Crippen LogP contribution in [0.1, 0.15) is 17.4 Å². The van der Waals surface area contributed by atoms with Crippen molar-refractivity contribution >= 4 is 28.0 Å². The molecule has 0 saturated carbocycles. The van der Waals surface area contributed by atoms with Crippen molar-refractivity contribution in [1.82, 2.24) is 24.7 Å². The number of imidazole rings is 1. The van der Waals surface area contributed by atoms with E-state index in [9.17, 15) is 14.7 Å². The monoisotopic (exact) mass is 339 g/mol. The number of carbonyl (C=O) groups excluding carboxylic acids is 1. The molecule has 3 aromatic heterocycles. The molecule has 0 fully saturated rings. The SMILES string of the molecule is CCOC(=O)c1nn(-c2nc3ccccc3[nH]2)c2[nH]c(=O)cc(O)c12. The number of aromatic amines is 2. The Balaban J connectivity index is 2.03. The molecule has 3 N–H and O–H groups in total. The fourth-order valence-electron chi connectivity index (χ4n) is 2.66. The molecule has 9 nitrogen and oxygen atoms in total. The third-order valence-electron chi connectivity index (χ3n) is 3.70. The summed E-state index contributed by atoms with van der Waals surface area (Å²) < 4.78 is 6.25. The molecule has 0 atom stereocenters. The second-order valence-electron chi connectivity index (χ2n) is 5.30. The predicted molar refractivity (Wildman–Crippen MR) is 89.0 cm³/mol. The number of nitrogens with zero attached hydrogens (tertiary/aromatic N) is 3. The molecule has 3 heterocycles. The molecule has 0 aliphatic rings. The van der Waals surface area contributed by atoms with E-state index >= 15 is 0 Å². The van der Waals surface area contributed by atoms with Gasteiger partial charge in [0.15, 0.2) is 11.3 Å². The van der Waals surface area contributed by atoms with Crippen molar-refractivity contribution in [3.8, 4) is 11.7 Å². The van der Waals surface area contributed by atoms with Gasteiger partial charge in [-0.05, 0) is 19.1 Å². The van der Waals surface area contributed by atoms with E-state index < -0.39 is 11.5 Å². The van der Waals surface area contributed by atoms with Crippen molar-refractivity contribution in [3.05, 3.63) is 46.4 Å². The summed E-state index contributed by atoms with van der Waals surface area (Å²) in [6.07, 6.45) is 0. The van der Waals surface area contributed by atoms with Crippen LogP contribution in [0.3, 0.4) is 0 Å². The predicted octanol–water partition coefficient (Wildman–Crippen LogP) is 1.47. The fraction of sp³-hybridized carbons (Fsp3) is 0.125. The largest absolute Gasteiger partial charge is 0.507 e. The number of hydrogen-bond acceptors (Lipinski definition) is 6. The van der Waals surface area contributed by atoms with Crippen molar-refractivity contribution in [1.29, 1.82) is 0 Å². The lowest BCUT2D eigenvalue weighted by molar-refractivity contribution is 0.0521. The van der Waals surface area contributed by atoms with Crippen LogP contribution in [0.2, 0.25) is 0 Å². The molecule has 4 aromatic rings. The summed E-state index contributed by atoms with van der Waals surface area (Å²) in [5, 5.41) is 14.4. The van der Waals surface area contributed by atoms with E-state index in [4.69, 9.17) is 4.74 Å². The minimum atomic E-state index is -0.704. The quantitative estimate of drug-likeness (QED) is 0.485. The Morgan fingerprint density at radius 2 is 2.12 bits per heavy atom. The standard InChI is InChI=1S/C16H13N5O4/c1-2-25-15(24)13-12-10(22)7-11(23)19-14(12)21(20-13)16-17-8-5-3-4-6-9(8)18-16/h3-7H,2H2,1H3,(H,17,18)(H2,19,22,23). The van der Waals surface area contributed by atoms with Crippen LogP contribution in [-0.4, -0.2) is 42.4 Å². The summed E-state index contributed by atoms with van der Waals surface area (Å²) in [7, 11) is 0. The second kappa shape index (κ2) is 5.48. The molecule has 0 bridgehead atoms. The highest BCUT2D eigenvalue weighted by molar-refractivity contribution is 6.04. The van der Waals surface area contributed by atoms with Gasteiger partial charge in [0, 0.05) is 6.07 Å². The number of aromatic nitrogens is 5. The maximum Gasteiger partial charge on any atom is 0.359 e. The molecule has 9 heteroatoms. The van der Waals surface area contributed by atoms with Crippen molar-refractivity contribution in [2.24, 2.45) is 0 Å². The first kappa shape index (κ1) is 14.9. The maximum atomic E-state index is 12.2. The van der Waals surface area contributed by atoms with Gasteiger partial charge >= 0.3 is 5.97 Å². The summed E-state index contributed by atoms with van der Waals surface area (Å²) in [6, 6.07) is 8.32. The van der Waals surface area contributed by atoms with Crippen LogP contribution < -0.4 is 5.56 Å². The Morgan fingerprint density at radius 1 is 1.32 bits per heavy atom. The van der Waals surface area contributed by atoms with Crippen molar-refractivity contribution in [2.45, 2.75) is 6.92 Å². The Bertz CT molecular complexity index is 1140. The van der Waals surface area contributed by atoms with Gasteiger partial charge in [-0.15, -0.1) is 0 Å². The lowest BCUT2D eigenvalue weighted by Gasteiger charge is -1.99. The minimum absolute atomic E-state index is 0.0958. The topological polar surface area (TPSA) is 126 Å². The van der Waals surface area contributed by atoms with Gasteiger partial charge in [0.2, 0.25) is 5.95 Å². The van der Waals surface area contributed by atoms with E-state index in [0.29, 0.717) is 11.5 Å². The smallest absolute Gasteiger partial charge is 0.359 e. The number of rotatable bonds is 3. The average molecular weight is 339 g/mol. The molecule has 126 valence electrons. The number of carbonyl (C=O) groups is 1. The van der Waals surface area contributed by atoms with Gasteiger partial charge in [0.25, 0.3) is 5.56 Å². The zero-order chi connectivity index (χ0) is 17.6. The summed E-state index contributed by atoms with van der Waals surface area (Å²) in [4.78, 5) is 34.0. The van der Waals surface area contributed by atoms with Crippen LogP contribution in [-0.2, 0) is 4.74 Å². The zero-order valence-electron chi connectivity index (χ0n) is 13.1. The molecular formula is C16H13N5O4. The van der Waals surface area contributed by atoms with Gasteiger partial charge in [-0.3, -0.25) is 4.79 Å². The van der Waals surface area contributed by atoms with E-state index in [2.05, 4.69) is 20.1 Å². The number of benzene rings is 1. The highest BCUT2D eigenvalue weighted by Gasteiger charge is 2.24. The molecule has 0 radical (unpaired) electrons. The number of ether oxygens (including phenoxy) is 1. The van der Waals surface area contributed by atoms with E-state index in [1.807, 2.05) is 24.3 Å². The average Bonchev–Trinajstić information content (AvgIpc) is 3.15. The number of para-hydroxylation sites is 2. The number of pyridine rings is 1. The Labute approximate surface area is 139 Å². The number of fused-ring (bicyclic) bond motifs is 2. The number of esters is 1. The van der Waals surface area contributed by atoms with Crippen LogP contribution in [0.15, 0.2) is 35.1 Å². The van der Waals surface area contributed by atoms with Crippen LogP contribution in [0.5, 0.6) is 5.75 Å². The number of nitrogens with one attached hydrogen (secondary N) is 2. The molecule has 0 saturated heterocycles. The highest BCUT2D eigenvalue weighted by Crippen LogP contribution is 2.27. The van der Waals surface area contributed by atoms with Crippen molar-refractivity contribution < 1.29 is 14.6 Å². The molecule has 0 aliphatic heterocycles. The summed E-state index contributed by atoms with van der Waals surface area (Å²) in [6.45, 7) is 1.82. The van der Waals surface area contributed by atoms with Crippen LogP contribution in [0.25, 0.3) is 28.0 Å². The van der Waals surface area contributed by atoms with E-state index in [1.165, 1.54) is 4.68 Å². The molecule has 0 unspecified atom stereocenters. The zero-order valence-corrected chi connectivity index (χ0v) is 13.1. The minimum Gasteiger partial charge on any atom is -0.507 e. The number of hydrogen-bond donors (Lipinski definition) is 3. The van der Waals surface area contributed by atoms with E-state index in [0.717, 1.165) is 11.6 Å². The molecule has 25 heavy (non-hydrogen) atoms. The first-order chi connectivity index (χ1) is 12.1.